The predicted octanol–water partition coefficient (Wildman–Crippen LogP) is 25.0. The molecule has 600 valence electrons. The first-order chi connectivity index (χ1) is 49.2. The maximum atomic E-state index is 13.1. The number of aliphatic hydroxyl groups excluding tert-OH is 1. The smallest absolute Gasteiger partial charge is 0.462 e. The van der Waals surface area contributed by atoms with Crippen molar-refractivity contribution in [2.24, 2.45) is 0 Å². The zero-order valence-corrected chi connectivity index (χ0v) is 67.7. The summed E-state index contributed by atoms with van der Waals surface area (Å²) < 4.78 is 68.7. The van der Waals surface area contributed by atoms with Crippen molar-refractivity contribution in [2.75, 3.05) is 39.6 Å². The lowest BCUT2D eigenvalue weighted by Crippen LogP contribution is -2.30. The highest BCUT2D eigenvalue weighted by Crippen LogP contribution is 2.45. The number of aliphatic hydroxyl groups is 1. The largest absolute Gasteiger partial charge is 0.472 e. The number of unbranched alkanes of at least 4 members (excludes halogenated alkanes) is 57. The van der Waals surface area contributed by atoms with Crippen molar-refractivity contribution in [1.29, 1.82) is 0 Å². The molecule has 0 aliphatic carbocycles. The molecule has 0 saturated carbocycles. The van der Waals surface area contributed by atoms with Gasteiger partial charge in [-0.2, -0.15) is 0 Å². The predicted molar refractivity (Wildman–Crippen MR) is 414 cm³/mol. The summed E-state index contributed by atoms with van der Waals surface area (Å²) in [6, 6.07) is 0. The fourth-order valence-corrected chi connectivity index (χ4v) is 14.4. The van der Waals surface area contributed by atoms with E-state index < -0.39 is 97.5 Å². The minimum absolute atomic E-state index is 0.109. The molecule has 0 aliphatic rings. The monoisotopic (exact) mass is 1480 g/mol. The van der Waals surface area contributed by atoms with Crippen LogP contribution in [0.5, 0.6) is 0 Å². The first-order valence-electron chi connectivity index (χ1n) is 42.8. The van der Waals surface area contributed by atoms with E-state index in [1.807, 2.05) is 0 Å². The van der Waals surface area contributed by atoms with Gasteiger partial charge in [0.2, 0.25) is 0 Å². The van der Waals surface area contributed by atoms with Crippen LogP contribution in [0.25, 0.3) is 0 Å². The zero-order valence-electron chi connectivity index (χ0n) is 65.9. The van der Waals surface area contributed by atoms with Crippen LogP contribution in [0.1, 0.15) is 445 Å². The van der Waals surface area contributed by atoms with Gasteiger partial charge in [-0.3, -0.25) is 37.3 Å². The van der Waals surface area contributed by atoms with E-state index in [-0.39, 0.29) is 25.7 Å². The molecule has 0 aromatic rings. The highest BCUT2D eigenvalue weighted by atomic mass is 31.2. The van der Waals surface area contributed by atoms with Crippen LogP contribution in [0.15, 0.2) is 0 Å². The summed E-state index contributed by atoms with van der Waals surface area (Å²) >= 11 is 0. The Morgan fingerprint density at radius 2 is 0.396 bits per heavy atom. The number of carbonyl (C=O) groups is 4. The summed E-state index contributed by atoms with van der Waals surface area (Å²) in [5, 5.41) is 10.6. The first-order valence-corrected chi connectivity index (χ1v) is 45.8. The van der Waals surface area contributed by atoms with Crippen molar-refractivity contribution in [3.05, 3.63) is 0 Å². The third kappa shape index (κ3) is 76.1. The quantitative estimate of drug-likeness (QED) is 0.0222. The third-order valence-electron chi connectivity index (χ3n) is 19.4. The van der Waals surface area contributed by atoms with E-state index >= 15 is 0 Å². The van der Waals surface area contributed by atoms with Crippen molar-refractivity contribution in [2.45, 2.75) is 463 Å². The van der Waals surface area contributed by atoms with E-state index in [4.69, 9.17) is 37.0 Å². The van der Waals surface area contributed by atoms with E-state index in [1.54, 1.807) is 0 Å². The van der Waals surface area contributed by atoms with Gasteiger partial charge in [0, 0.05) is 25.7 Å². The molecular formula is C82H160O17P2. The standard InChI is InChI=1S/C82H160O17P2/c1-5-9-13-17-21-24-27-30-33-36-38-41-44-47-50-53-57-61-65-69-82(87)99-78(73-93-80(85)67-63-59-55-51-48-45-42-40-37-34-31-28-25-22-18-14-10-6-2)75-97-101(90,91)95-71-76(83)70-94-100(88,89)96-74-77(72-92-79(84)66-62-58-54-20-16-12-8-4)98-81(86)68-64-60-56-52-49-46-43-39-35-32-29-26-23-19-15-11-7-3/h76-78,83H,5-75H2,1-4H3,(H,88,89)(H,90,91)/t76-,77+,78+/m0/s1. The molecule has 0 bridgehead atoms. The third-order valence-corrected chi connectivity index (χ3v) is 21.3. The normalized spacial score (nSPS) is 13.8. The molecule has 17 nitrogen and oxygen atoms in total. The molecule has 0 radical (unpaired) electrons. The topological polar surface area (TPSA) is 237 Å². The van der Waals surface area contributed by atoms with Gasteiger partial charge in [0.05, 0.1) is 26.4 Å². The maximum absolute atomic E-state index is 13.1. The van der Waals surface area contributed by atoms with Crippen molar-refractivity contribution >= 4 is 39.5 Å². The summed E-state index contributed by atoms with van der Waals surface area (Å²) in [5.74, 6) is -2.11. The number of hydrogen-bond donors (Lipinski definition) is 3. The van der Waals surface area contributed by atoms with Gasteiger partial charge in [0.25, 0.3) is 0 Å². The zero-order chi connectivity index (χ0) is 73.9. The van der Waals surface area contributed by atoms with E-state index in [9.17, 15) is 43.2 Å². The Hall–Kier alpha value is -1.94. The molecule has 2 unspecified atom stereocenters. The highest BCUT2D eigenvalue weighted by Gasteiger charge is 2.30. The van der Waals surface area contributed by atoms with Gasteiger partial charge in [-0.15, -0.1) is 0 Å². The number of hydrogen-bond acceptors (Lipinski definition) is 15. The van der Waals surface area contributed by atoms with Gasteiger partial charge in [-0.25, -0.2) is 9.13 Å². The average molecular weight is 1480 g/mol. The van der Waals surface area contributed by atoms with Crippen LogP contribution in [-0.2, 0) is 65.4 Å². The Morgan fingerprint density at radius 3 is 0.584 bits per heavy atom. The summed E-state index contributed by atoms with van der Waals surface area (Å²) in [6.45, 7) is 5.00. The summed E-state index contributed by atoms with van der Waals surface area (Å²) in [7, 11) is -9.91. The van der Waals surface area contributed by atoms with Gasteiger partial charge < -0.3 is 33.8 Å². The highest BCUT2D eigenvalue weighted by molar-refractivity contribution is 7.47. The average Bonchev–Trinajstić information content (AvgIpc) is 0.953. The molecule has 0 heterocycles. The minimum atomic E-state index is -4.96. The van der Waals surface area contributed by atoms with Crippen molar-refractivity contribution < 1.29 is 80.2 Å². The van der Waals surface area contributed by atoms with Crippen molar-refractivity contribution in [1.82, 2.24) is 0 Å². The Labute approximate surface area is 619 Å². The molecule has 0 aromatic heterocycles. The van der Waals surface area contributed by atoms with Gasteiger partial charge in [0.1, 0.15) is 19.3 Å². The first kappa shape index (κ1) is 99.1. The van der Waals surface area contributed by atoms with E-state index in [2.05, 4.69) is 27.7 Å². The lowest BCUT2D eigenvalue weighted by Gasteiger charge is -2.21. The second-order valence-electron chi connectivity index (χ2n) is 29.5. The second-order valence-corrected chi connectivity index (χ2v) is 32.4. The van der Waals surface area contributed by atoms with Gasteiger partial charge >= 0.3 is 39.5 Å². The molecule has 3 N–H and O–H groups in total. The minimum Gasteiger partial charge on any atom is -0.462 e. The van der Waals surface area contributed by atoms with Crippen LogP contribution in [0.3, 0.4) is 0 Å². The molecule has 101 heavy (non-hydrogen) atoms. The molecule has 0 fully saturated rings. The van der Waals surface area contributed by atoms with Gasteiger partial charge in [-0.1, -0.05) is 394 Å². The van der Waals surface area contributed by atoms with E-state index in [0.717, 1.165) is 103 Å². The SMILES string of the molecule is CCCCCCCCCCCCCCCCCCCCCC(=O)O[C@H](COC(=O)CCCCCCCCCCCCCCCCCCCC)COP(=O)(O)OC[C@@H](O)COP(=O)(O)OC[C@@H](COC(=O)CCCCCCCCC)OC(=O)CCCCCCCCCCCCCCCCCCC. The van der Waals surface area contributed by atoms with Gasteiger partial charge in [0.15, 0.2) is 12.2 Å². The Balaban J connectivity index is 5.17. The van der Waals surface area contributed by atoms with Crippen molar-refractivity contribution in [3.63, 3.8) is 0 Å². The second kappa shape index (κ2) is 76.3. The summed E-state index contributed by atoms with van der Waals surface area (Å²) in [4.78, 5) is 72.9. The molecule has 0 aromatic carbocycles. The molecular weight excluding hydrogens is 1320 g/mol. The molecule has 0 spiro atoms. The molecule has 0 amide bonds. The lowest BCUT2D eigenvalue weighted by molar-refractivity contribution is -0.161. The Morgan fingerprint density at radius 1 is 0.238 bits per heavy atom. The molecule has 0 saturated heterocycles. The Kier molecular flexibility index (Phi) is 74.8. The lowest BCUT2D eigenvalue weighted by atomic mass is 10.0. The van der Waals surface area contributed by atoms with E-state index in [1.165, 1.54) is 263 Å². The van der Waals surface area contributed by atoms with Crippen molar-refractivity contribution in [3.8, 4) is 0 Å². The summed E-state index contributed by atoms with van der Waals surface area (Å²) in [6.07, 6.45) is 69.6. The van der Waals surface area contributed by atoms with Crippen LogP contribution in [0.4, 0.5) is 0 Å². The van der Waals surface area contributed by atoms with E-state index in [0.29, 0.717) is 25.7 Å². The maximum Gasteiger partial charge on any atom is 0.472 e. The molecule has 0 rings (SSSR count). The summed E-state index contributed by atoms with van der Waals surface area (Å²) in [5.41, 5.74) is 0. The number of phosphoric acid groups is 2. The van der Waals surface area contributed by atoms with Crippen LogP contribution >= 0.6 is 15.6 Å². The fraction of sp³-hybridized carbons (Fsp3) is 0.951. The number of rotatable bonds is 83. The van der Waals surface area contributed by atoms with Crippen LogP contribution in [0.2, 0.25) is 0 Å². The van der Waals surface area contributed by atoms with Crippen LogP contribution in [-0.4, -0.2) is 96.7 Å². The number of phosphoric ester groups is 2. The number of carbonyl (C=O) groups excluding carboxylic acids is 4. The molecule has 0 aliphatic heterocycles. The van der Waals surface area contributed by atoms with Crippen LogP contribution < -0.4 is 0 Å². The number of esters is 4. The van der Waals surface area contributed by atoms with Crippen LogP contribution in [0, 0.1) is 0 Å². The molecule has 19 heteroatoms. The number of ether oxygens (including phenoxy) is 4. The van der Waals surface area contributed by atoms with Gasteiger partial charge in [-0.05, 0) is 25.7 Å². The fourth-order valence-electron chi connectivity index (χ4n) is 12.8. The Bertz CT molecular complexity index is 1910. The molecule has 5 atom stereocenters.